The van der Waals surface area contributed by atoms with Crippen LogP contribution in [0.1, 0.15) is 22.8 Å². The van der Waals surface area contributed by atoms with Crippen LogP contribution in [0.2, 0.25) is 0 Å². The first-order valence-corrected chi connectivity index (χ1v) is 16.0. The van der Waals surface area contributed by atoms with E-state index >= 15 is 0 Å². The van der Waals surface area contributed by atoms with Crippen LogP contribution < -0.4 is 16.0 Å². The molecule has 11 heteroatoms. The molecule has 1 unspecified atom stereocenters. The fourth-order valence-corrected chi connectivity index (χ4v) is 6.57. The van der Waals surface area contributed by atoms with Gasteiger partial charge in [-0.3, -0.25) is 14.4 Å². The first-order valence-electron chi connectivity index (χ1n) is 12.4. The lowest BCUT2D eigenvalue weighted by Gasteiger charge is -2.13. The number of aromatic nitrogens is 1. The first kappa shape index (κ1) is 28.5. The fraction of sp³-hybridized carbons (Fsp3) is 0.0667. The van der Waals surface area contributed by atoms with Gasteiger partial charge in [0.15, 0.2) is 5.13 Å². The molecule has 0 fully saturated rings. The Morgan fingerprint density at radius 1 is 0.878 bits per heavy atom. The van der Waals surface area contributed by atoms with E-state index in [9.17, 15) is 14.4 Å². The van der Waals surface area contributed by atoms with Crippen LogP contribution in [-0.4, -0.2) is 28.0 Å². The zero-order chi connectivity index (χ0) is 28.6. The lowest BCUT2D eigenvalue weighted by molar-refractivity contribution is -0.115. The summed E-state index contributed by atoms with van der Waals surface area (Å²) in [5.74, 6) is -0.961. The summed E-state index contributed by atoms with van der Waals surface area (Å²) in [6.45, 7) is 1.83. The summed E-state index contributed by atoms with van der Waals surface area (Å²) in [7, 11) is 0. The normalized spacial score (nSPS) is 12.0. The van der Waals surface area contributed by atoms with Crippen molar-refractivity contribution in [3.8, 4) is 10.6 Å². The molecule has 3 N–H and O–H groups in total. The summed E-state index contributed by atoms with van der Waals surface area (Å²) in [4.78, 5) is 45.1. The number of hydrogen-bond donors (Lipinski definition) is 3. The van der Waals surface area contributed by atoms with Crippen molar-refractivity contribution in [1.29, 1.82) is 0 Å². The third-order valence-electron chi connectivity index (χ3n) is 5.69. The van der Waals surface area contributed by atoms with Crippen molar-refractivity contribution in [1.82, 2.24) is 10.3 Å². The minimum atomic E-state index is -0.445. The molecule has 0 spiro atoms. The average Bonchev–Trinajstić information content (AvgIpc) is 3.78. The molecule has 2 aromatic carbocycles. The van der Waals surface area contributed by atoms with E-state index in [1.54, 1.807) is 53.8 Å². The second-order valence-corrected chi connectivity index (χ2v) is 12.7. The van der Waals surface area contributed by atoms with Crippen LogP contribution >= 0.6 is 45.8 Å². The van der Waals surface area contributed by atoms with E-state index in [0.29, 0.717) is 16.4 Å². The number of hydrogen-bond acceptors (Lipinski definition) is 8. The Labute approximate surface area is 253 Å². The summed E-state index contributed by atoms with van der Waals surface area (Å²) in [6, 6.07) is 21.8. The topological polar surface area (TPSA) is 100 Å². The van der Waals surface area contributed by atoms with Crippen molar-refractivity contribution >= 4 is 80.4 Å². The molecule has 3 aromatic heterocycles. The molecular weight excluding hydrogens is 593 g/mol. The van der Waals surface area contributed by atoms with Gasteiger partial charge in [-0.2, -0.15) is 11.3 Å². The van der Waals surface area contributed by atoms with Crippen LogP contribution in [0, 0.1) is 0 Å². The van der Waals surface area contributed by atoms with Crippen molar-refractivity contribution in [2.24, 2.45) is 0 Å². The second-order valence-electron chi connectivity index (χ2n) is 8.68. The smallest absolute Gasteiger partial charge is 0.272 e. The largest absolute Gasteiger partial charge is 0.321 e. The number of nitrogens with one attached hydrogen (secondary N) is 3. The van der Waals surface area contributed by atoms with Crippen molar-refractivity contribution in [3.05, 3.63) is 111 Å². The highest BCUT2D eigenvalue weighted by atomic mass is 32.2. The van der Waals surface area contributed by atoms with E-state index in [-0.39, 0.29) is 22.8 Å². The van der Waals surface area contributed by atoms with Crippen molar-refractivity contribution < 1.29 is 14.4 Å². The van der Waals surface area contributed by atoms with E-state index in [1.807, 2.05) is 64.8 Å². The first-order chi connectivity index (χ1) is 19.9. The van der Waals surface area contributed by atoms with Gasteiger partial charge in [0.1, 0.15) is 5.70 Å². The van der Waals surface area contributed by atoms with Crippen LogP contribution in [0.25, 0.3) is 16.6 Å². The predicted molar refractivity (Wildman–Crippen MR) is 171 cm³/mol. The minimum absolute atomic E-state index is 0.130. The van der Waals surface area contributed by atoms with Gasteiger partial charge in [-0.25, -0.2) is 4.98 Å². The molecule has 7 nitrogen and oxygen atoms in total. The van der Waals surface area contributed by atoms with Crippen LogP contribution in [0.15, 0.2) is 105 Å². The molecule has 0 radical (unpaired) electrons. The highest BCUT2D eigenvalue weighted by Crippen LogP contribution is 2.30. The molecule has 0 saturated heterocycles. The fourth-order valence-electron chi connectivity index (χ4n) is 3.61. The quantitative estimate of drug-likeness (QED) is 0.112. The molecule has 1 atom stereocenters. The number of thiazole rings is 1. The Bertz CT molecular complexity index is 1650. The van der Waals surface area contributed by atoms with Crippen LogP contribution in [0.3, 0.4) is 0 Å². The number of thioether (sulfide) groups is 1. The Morgan fingerprint density at radius 2 is 1.68 bits per heavy atom. The zero-order valence-electron chi connectivity index (χ0n) is 21.7. The Hall–Kier alpha value is -4.03. The van der Waals surface area contributed by atoms with E-state index in [1.165, 1.54) is 34.4 Å². The van der Waals surface area contributed by atoms with Gasteiger partial charge >= 0.3 is 0 Å². The number of benzene rings is 2. The lowest BCUT2D eigenvalue weighted by Crippen LogP contribution is -2.30. The Kier molecular flexibility index (Phi) is 9.42. The summed E-state index contributed by atoms with van der Waals surface area (Å²) >= 11 is 5.91. The number of nitrogens with zero attached hydrogens (tertiary/aromatic N) is 1. The lowest BCUT2D eigenvalue weighted by atomic mass is 10.2. The van der Waals surface area contributed by atoms with Crippen LogP contribution in [0.5, 0.6) is 0 Å². The minimum Gasteiger partial charge on any atom is -0.321 e. The van der Waals surface area contributed by atoms with Crippen LogP contribution in [-0.2, 0) is 9.59 Å². The van der Waals surface area contributed by atoms with Gasteiger partial charge in [0, 0.05) is 21.5 Å². The van der Waals surface area contributed by atoms with Crippen molar-refractivity contribution in [2.45, 2.75) is 17.1 Å². The molecule has 0 aliphatic heterocycles. The maximum absolute atomic E-state index is 13.2. The molecule has 5 rings (SSSR count). The average molecular weight is 617 g/mol. The van der Waals surface area contributed by atoms with Gasteiger partial charge in [-0.1, -0.05) is 24.3 Å². The van der Waals surface area contributed by atoms with Gasteiger partial charge < -0.3 is 16.0 Å². The molecular formula is C30H24N4O3S4. The summed E-state index contributed by atoms with van der Waals surface area (Å²) in [5.41, 5.74) is 2.81. The van der Waals surface area contributed by atoms with E-state index < -0.39 is 5.91 Å². The maximum atomic E-state index is 13.2. The molecule has 3 heterocycles. The number of anilines is 2. The summed E-state index contributed by atoms with van der Waals surface area (Å²) in [5, 5.41) is 16.4. The third-order valence-corrected chi connectivity index (χ3v) is 9.15. The monoisotopic (exact) mass is 616 g/mol. The summed E-state index contributed by atoms with van der Waals surface area (Å²) < 4.78 is 0. The number of thiophene rings is 2. The molecule has 0 aliphatic carbocycles. The Morgan fingerprint density at radius 3 is 2.39 bits per heavy atom. The highest BCUT2D eigenvalue weighted by molar-refractivity contribution is 8.00. The summed E-state index contributed by atoms with van der Waals surface area (Å²) in [6.07, 6.45) is 1.64. The van der Waals surface area contributed by atoms with Crippen LogP contribution in [0.4, 0.5) is 10.8 Å². The number of carbonyl (C=O) groups excluding carboxylic acids is 3. The zero-order valence-corrected chi connectivity index (χ0v) is 25.0. The van der Waals surface area contributed by atoms with Gasteiger partial charge in [-0.15, -0.1) is 34.4 Å². The molecule has 41 heavy (non-hydrogen) atoms. The van der Waals surface area contributed by atoms with Crippen molar-refractivity contribution in [2.75, 3.05) is 10.6 Å². The standard InChI is InChI=1S/C30H24N4O3S4/c1-19(27(35)34-30-33-25(18-40-30)26-8-5-14-39-26)41-23-11-9-22(10-12-23)31-29(37)24(16-20-13-15-38-17-20)32-28(36)21-6-3-2-4-7-21/h2-19H,1H3,(H,31,37)(H,32,36)(H,33,34,35)/b24-16-. The number of rotatable bonds is 10. The molecule has 0 saturated carbocycles. The molecule has 0 aliphatic rings. The van der Waals surface area contributed by atoms with Gasteiger partial charge in [0.25, 0.3) is 11.8 Å². The molecule has 0 bridgehead atoms. The van der Waals surface area contributed by atoms with Gasteiger partial charge in [-0.05, 0) is 83.2 Å². The van der Waals surface area contributed by atoms with Gasteiger partial charge in [0.05, 0.1) is 15.8 Å². The second kappa shape index (κ2) is 13.6. The molecule has 5 aromatic rings. The van der Waals surface area contributed by atoms with E-state index in [0.717, 1.165) is 21.0 Å². The number of amides is 3. The third kappa shape index (κ3) is 7.80. The highest BCUT2D eigenvalue weighted by Gasteiger charge is 2.18. The van der Waals surface area contributed by atoms with Crippen molar-refractivity contribution in [3.63, 3.8) is 0 Å². The maximum Gasteiger partial charge on any atom is 0.272 e. The Balaban J connectivity index is 1.19. The van der Waals surface area contributed by atoms with Gasteiger partial charge in [0.2, 0.25) is 5.91 Å². The molecule has 3 amide bonds. The van der Waals surface area contributed by atoms with E-state index in [4.69, 9.17) is 0 Å². The SMILES string of the molecule is CC(Sc1ccc(NC(=O)/C(=C/c2ccsc2)NC(=O)c2ccccc2)cc1)C(=O)Nc1nc(-c2cccs2)cs1. The van der Waals surface area contributed by atoms with E-state index in [2.05, 4.69) is 20.9 Å². The predicted octanol–water partition coefficient (Wildman–Crippen LogP) is 7.46. The number of carbonyl (C=O) groups is 3. The molecule has 206 valence electrons.